The van der Waals surface area contributed by atoms with E-state index < -0.39 is 17.4 Å². The number of imide groups is 1. The number of phenols is 1. The summed E-state index contributed by atoms with van der Waals surface area (Å²) in [5.41, 5.74) is 1.28. The number of piperazine rings is 1. The number of carbonyl (C=O) groups is 2. The van der Waals surface area contributed by atoms with E-state index in [2.05, 4.69) is 21.8 Å². The van der Waals surface area contributed by atoms with Gasteiger partial charge in [0.1, 0.15) is 17.3 Å². The fraction of sp³-hybridized carbons (Fsp3) is 0.448. The molecule has 10 heteroatoms. The second-order valence-corrected chi connectivity index (χ2v) is 11.1. The van der Waals surface area contributed by atoms with E-state index in [0.29, 0.717) is 40.7 Å². The van der Waals surface area contributed by atoms with Crippen LogP contribution in [0.3, 0.4) is 0 Å². The number of hydrogen-bond acceptors (Lipinski definition) is 6. The predicted octanol–water partition coefficient (Wildman–Crippen LogP) is 3.33. The van der Waals surface area contributed by atoms with Gasteiger partial charge < -0.3 is 24.6 Å². The first-order valence-electron chi connectivity index (χ1n) is 13.4. The molecule has 3 aliphatic heterocycles. The van der Waals surface area contributed by atoms with Crippen molar-refractivity contribution < 1.29 is 23.8 Å². The van der Waals surface area contributed by atoms with Crippen LogP contribution in [0.2, 0.25) is 0 Å². The summed E-state index contributed by atoms with van der Waals surface area (Å²) in [4.78, 5) is 38.9. The summed E-state index contributed by atoms with van der Waals surface area (Å²) in [5, 5.41) is 10.7. The van der Waals surface area contributed by atoms with Gasteiger partial charge >= 0.3 is 6.03 Å². The number of aromatic hydroxyl groups is 1. The van der Waals surface area contributed by atoms with Crippen molar-refractivity contribution in [3.63, 3.8) is 0 Å². The molecule has 39 heavy (non-hydrogen) atoms. The lowest BCUT2D eigenvalue weighted by Gasteiger charge is -2.42. The molecule has 3 aromatic rings. The Hall–Kier alpha value is -3.63. The molecule has 2 unspecified atom stereocenters. The molecular formula is C29H34FN5O4. The average molecular weight is 536 g/mol. The quantitative estimate of drug-likeness (QED) is 0.471. The maximum atomic E-state index is 15.6. The van der Waals surface area contributed by atoms with Crippen LogP contribution >= 0.6 is 0 Å². The smallest absolute Gasteiger partial charge is 0.328 e. The van der Waals surface area contributed by atoms with Crippen molar-refractivity contribution in [1.82, 2.24) is 24.6 Å². The molecule has 3 amide bonds. The summed E-state index contributed by atoms with van der Waals surface area (Å²) in [6.07, 6.45) is 0.850. The van der Waals surface area contributed by atoms with Gasteiger partial charge in [0.2, 0.25) is 0 Å². The van der Waals surface area contributed by atoms with Gasteiger partial charge in [-0.05, 0) is 62.3 Å². The van der Waals surface area contributed by atoms with E-state index in [1.807, 2.05) is 6.07 Å². The molecule has 206 valence electrons. The number of likely N-dealkylation sites (N-methyl/N-ethyl adjacent to an activating group) is 1. The molecule has 0 bridgehead atoms. The summed E-state index contributed by atoms with van der Waals surface area (Å²) < 4.78 is 20.8. The Morgan fingerprint density at radius 2 is 1.90 bits per heavy atom. The van der Waals surface area contributed by atoms with E-state index in [-0.39, 0.29) is 29.9 Å². The second-order valence-electron chi connectivity index (χ2n) is 11.1. The third-order valence-corrected chi connectivity index (χ3v) is 8.59. The van der Waals surface area contributed by atoms with Crippen LogP contribution in [-0.2, 0) is 11.2 Å². The zero-order valence-corrected chi connectivity index (χ0v) is 22.5. The van der Waals surface area contributed by atoms with E-state index in [9.17, 15) is 14.7 Å². The van der Waals surface area contributed by atoms with E-state index in [1.165, 1.54) is 12.0 Å². The summed E-state index contributed by atoms with van der Waals surface area (Å²) in [6, 6.07) is 8.91. The third-order valence-electron chi connectivity index (χ3n) is 8.59. The molecule has 0 radical (unpaired) electrons. The number of carbonyl (C=O) groups excluding carboxylic acids is 2. The standard InChI is InChI=1S/C29H34FN5O4/c1-29-17-20-23-21(8-9-22(39-3)24(23)30)31-25(20)26(18-6-4-7-19(36)16-18)35(29)28(38)34(27(29)37)11-5-10-33-14-12-32(2)13-15-33/h4,6-9,16,26,31,36H,5,10-15,17H2,1-3H3. The van der Waals surface area contributed by atoms with Crippen LogP contribution in [0.4, 0.5) is 9.18 Å². The molecular weight excluding hydrogens is 501 g/mol. The molecule has 0 aliphatic carbocycles. The van der Waals surface area contributed by atoms with Crippen LogP contribution in [0.1, 0.15) is 36.2 Å². The van der Waals surface area contributed by atoms with Gasteiger partial charge in [0.25, 0.3) is 5.91 Å². The molecule has 0 spiro atoms. The number of benzene rings is 2. The number of fused-ring (bicyclic) bond motifs is 4. The Morgan fingerprint density at radius 1 is 1.13 bits per heavy atom. The van der Waals surface area contributed by atoms with Crippen LogP contribution in [0.15, 0.2) is 36.4 Å². The fourth-order valence-electron chi connectivity index (χ4n) is 6.47. The normalized spacial score (nSPS) is 23.9. The Kier molecular flexibility index (Phi) is 6.27. The van der Waals surface area contributed by atoms with Gasteiger partial charge in [0.05, 0.1) is 7.11 Å². The maximum Gasteiger partial charge on any atom is 0.328 e. The number of aromatic amines is 1. The highest BCUT2D eigenvalue weighted by atomic mass is 19.1. The topological polar surface area (TPSA) is 92.4 Å². The summed E-state index contributed by atoms with van der Waals surface area (Å²) in [6.45, 7) is 6.85. The number of nitrogens with one attached hydrogen (secondary N) is 1. The lowest BCUT2D eigenvalue weighted by Crippen LogP contribution is -2.53. The van der Waals surface area contributed by atoms with Crippen molar-refractivity contribution in [2.24, 2.45) is 0 Å². The van der Waals surface area contributed by atoms with Crippen molar-refractivity contribution in [3.8, 4) is 11.5 Å². The Bertz CT molecular complexity index is 1450. The number of H-pyrrole nitrogens is 1. The van der Waals surface area contributed by atoms with Crippen molar-refractivity contribution in [2.45, 2.75) is 31.3 Å². The highest BCUT2D eigenvalue weighted by Gasteiger charge is 2.60. The third kappa shape index (κ3) is 4.04. The molecule has 2 saturated heterocycles. The first-order chi connectivity index (χ1) is 18.7. The number of amides is 3. The molecule has 1 aromatic heterocycles. The molecule has 6 rings (SSSR count). The van der Waals surface area contributed by atoms with Crippen molar-refractivity contribution in [3.05, 3.63) is 59.0 Å². The summed E-state index contributed by atoms with van der Waals surface area (Å²) >= 11 is 0. The van der Waals surface area contributed by atoms with Crippen LogP contribution in [0.5, 0.6) is 11.5 Å². The van der Waals surface area contributed by atoms with Gasteiger partial charge in [0, 0.05) is 55.7 Å². The number of nitrogens with zero attached hydrogens (tertiary/aromatic N) is 4. The van der Waals surface area contributed by atoms with Gasteiger partial charge in [-0.25, -0.2) is 9.18 Å². The summed E-state index contributed by atoms with van der Waals surface area (Å²) in [5.74, 6) is -0.614. The van der Waals surface area contributed by atoms with E-state index in [0.717, 1.165) is 32.7 Å². The Morgan fingerprint density at radius 3 is 2.62 bits per heavy atom. The number of halogens is 1. The molecule has 3 aliphatic rings. The zero-order chi connectivity index (χ0) is 27.5. The number of methoxy groups -OCH3 is 1. The van der Waals surface area contributed by atoms with Gasteiger partial charge in [-0.3, -0.25) is 14.6 Å². The largest absolute Gasteiger partial charge is 0.508 e. The van der Waals surface area contributed by atoms with Gasteiger partial charge in [-0.15, -0.1) is 0 Å². The van der Waals surface area contributed by atoms with Crippen LogP contribution in [0.25, 0.3) is 10.9 Å². The minimum atomic E-state index is -1.21. The molecule has 2 fully saturated rings. The number of aromatic nitrogens is 1. The van der Waals surface area contributed by atoms with E-state index in [4.69, 9.17) is 4.74 Å². The van der Waals surface area contributed by atoms with Gasteiger partial charge in [-0.1, -0.05) is 12.1 Å². The molecule has 2 aromatic carbocycles. The van der Waals surface area contributed by atoms with Gasteiger partial charge in [-0.2, -0.15) is 0 Å². The average Bonchev–Trinajstić information content (AvgIpc) is 3.37. The number of hydrogen-bond donors (Lipinski definition) is 2. The van der Waals surface area contributed by atoms with E-state index >= 15 is 4.39 Å². The Labute approximate surface area is 226 Å². The van der Waals surface area contributed by atoms with Crippen molar-refractivity contribution >= 4 is 22.8 Å². The summed E-state index contributed by atoms with van der Waals surface area (Å²) in [7, 11) is 3.53. The molecule has 4 heterocycles. The van der Waals surface area contributed by atoms with Crippen molar-refractivity contribution in [2.75, 3.05) is 53.4 Å². The number of phenolic OH excluding ortho intramolecular Hbond substituents is 1. The minimum Gasteiger partial charge on any atom is -0.508 e. The van der Waals surface area contributed by atoms with Crippen molar-refractivity contribution in [1.29, 1.82) is 0 Å². The fourth-order valence-corrected chi connectivity index (χ4v) is 6.47. The van der Waals surface area contributed by atoms with Gasteiger partial charge in [0.15, 0.2) is 11.6 Å². The van der Waals surface area contributed by atoms with Crippen LogP contribution in [0, 0.1) is 5.82 Å². The number of ether oxygens (including phenoxy) is 1. The lowest BCUT2D eigenvalue weighted by molar-refractivity contribution is -0.133. The number of urea groups is 1. The van der Waals surface area contributed by atoms with Crippen LogP contribution in [-0.4, -0.2) is 101 Å². The second kappa shape index (κ2) is 9.53. The SMILES string of the molecule is COc1ccc2[nH]c3c(c2c1F)CC1(C)C(=O)N(CCCN2CCN(C)CC2)C(=O)N1C3c1cccc(O)c1. The Balaban J connectivity index is 1.39. The lowest BCUT2D eigenvalue weighted by atomic mass is 9.81. The predicted molar refractivity (Wildman–Crippen MR) is 144 cm³/mol. The van der Waals surface area contributed by atoms with E-state index in [1.54, 1.807) is 42.2 Å². The maximum absolute atomic E-state index is 15.6. The monoisotopic (exact) mass is 535 g/mol. The molecule has 2 atom stereocenters. The molecule has 2 N–H and O–H groups in total. The zero-order valence-electron chi connectivity index (χ0n) is 22.5. The minimum absolute atomic E-state index is 0.0484. The number of rotatable bonds is 6. The first kappa shape index (κ1) is 25.6. The first-order valence-corrected chi connectivity index (χ1v) is 13.4. The van der Waals surface area contributed by atoms with Crippen LogP contribution < -0.4 is 4.74 Å². The highest BCUT2D eigenvalue weighted by molar-refractivity contribution is 6.08. The molecule has 9 nitrogen and oxygen atoms in total. The highest BCUT2D eigenvalue weighted by Crippen LogP contribution is 2.49. The molecule has 0 saturated carbocycles.